The van der Waals surface area contributed by atoms with Crippen LogP contribution in [0.4, 0.5) is 4.39 Å². The number of hydrogen-bond acceptors (Lipinski definition) is 3. The maximum Gasteiger partial charge on any atom is 0.129 e. The fourth-order valence-corrected chi connectivity index (χ4v) is 1.98. The Labute approximate surface area is 98.9 Å². The number of benzene rings is 1. The lowest BCUT2D eigenvalue weighted by Crippen LogP contribution is -2.20. The van der Waals surface area contributed by atoms with E-state index in [1.54, 1.807) is 6.07 Å². The van der Waals surface area contributed by atoms with Crippen molar-refractivity contribution in [3.05, 3.63) is 29.8 Å². The minimum Gasteiger partial charge on any atom is -0.394 e. The summed E-state index contributed by atoms with van der Waals surface area (Å²) in [4.78, 5) is 4.30. The first-order valence-electron chi connectivity index (χ1n) is 5.58. The highest BCUT2D eigenvalue weighted by Gasteiger charge is 2.18. The monoisotopic (exact) mass is 237 g/mol. The van der Waals surface area contributed by atoms with Crippen LogP contribution in [0.25, 0.3) is 11.0 Å². The molecule has 0 saturated heterocycles. The standard InChI is InChI=1S/C12H16FN3O/c1-7(2)16-11-4-3-8(13)5-10(11)15-12(16)9(14)6-17/h3-5,7,9,17H,6,14H2,1-2H3. The van der Waals surface area contributed by atoms with E-state index in [-0.39, 0.29) is 18.5 Å². The minimum atomic E-state index is -0.548. The highest BCUT2D eigenvalue weighted by Crippen LogP contribution is 2.24. The molecule has 1 aromatic heterocycles. The van der Waals surface area contributed by atoms with Gasteiger partial charge in [0.05, 0.1) is 23.7 Å². The number of halogens is 1. The third-order valence-electron chi connectivity index (χ3n) is 2.72. The normalized spacial score (nSPS) is 13.5. The molecule has 0 amide bonds. The molecule has 1 atom stereocenters. The van der Waals surface area contributed by atoms with Crippen molar-refractivity contribution >= 4 is 11.0 Å². The first-order chi connectivity index (χ1) is 8.04. The number of nitrogens with zero attached hydrogens (tertiary/aromatic N) is 2. The van der Waals surface area contributed by atoms with Crippen LogP contribution in [0, 0.1) is 5.82 Å². The molecule has 17 heavy (non-hydrogen) atoms. The Bertz CT molecular complexity index is 536. The second-order valence-corrected chi connectivity index (χ2v) is 4.36. The second kappa shape index (κ2) is 4.43. The van der Waals surface area contributed by atoms with Gasteiger partial charge in [0.2, 0.25) is 0 Å². The molecule has 2 rings (SSSR count). The smallest absolute Gasteiger partial charge is 0.129 e. The Hall–Kier alpha value is -1.46. The molecule has 5 heteroatoms. The zero-order valence-electron chi connectivity index (χ0n) is 9.89. The maximum absolute atomic E-state index is 13.1. The summed E-state index contributed by atoms with van der Waals surface area (Å²) in [5, 5.41) is 9.12. The molecule has 0 aliphatic heterocycles. The van der Waals surface area contributed by atoms with Crippen molar-refractivity contribution in [3.63, 3.8) is 0 Å². The van der Waals surface area contributed by atoms with E-state index in [4.69, 9.17) is 10.8 Å². The first-order valence-corrected chi connectivity index (χ1v) is 5.58. The van der Waals surface area contributed by atoms with Crippen molar-refractivity contribution in [2.45, 2.75) is 25.9 Å². The number of imidazole rings is 1. The van der Waals surface area contributed by atoms with Crippen molar-refractivity contribution in [1.82, 2.24) is 9.55 Å². The van der Waals surface area contributed by atoms with E-state index in [1.807, 2.05) is 18.4 Å². The van der Waals surface area contributed by atoms with Gasteiger partial charge in [0, 0.05) is 12.1 Å². The number of aromatic nitrogens is 2. The van der Waals surface area contributed by atoms with Crippen LogP contribution in [0.15, 0.2) is 18.2 Å². The average Bonchev–Trinajstić information content (AvgIpc) is 2.66. The molecule has 2 aromatic rings. The summed E-state index contributed by atoms with van der Waals surface area (Å²) in [5.74, 6) is 0.262. The van der Waals surface area contributed by atoms with Gasteiger partial charge in [-0.3, -0.25) is 0 Å². The summed E-state index contributed by atoms with van der Waals surface area (Å²) in [7, 11) is 0. The number of aliphatic hydroxyl groups is 1. The third kappa shape index (κ3) is 2.03. The van der Waals surface area contributed by atoms with E-state index in [0.717, 1.165) is 5.52 Å². The third-order valence-corrected chi connectivity index (χ3v) is 2.72. The van der Waals surface area contributed by atoms with Crippen LogP contribution in [0.1, 0.15) is 31.8 Å². The van der Waals surface area contributed by atoms with E-state index in [9.17, 15) is 4.39 Å². The molecule has 0 fully saturated rings. The number of hydrogen-bond donors (Lipinski definition) is 2. The zero-order chi connectivity index (χ0) is 12.6. The van der Waals surface area contributed by atoms with Gasteiger partial charge in [-0.1, -0.05) is 0 Å². The summed E-state index contributed by atoms with van der Waals surface area (Å²) in [5.41, 5.74) is 7.21. The Kier molecular flexibility index (Phi) is 3.13. The van der Waals surface area contributed by atoms with Crippen LogP contribution >= 0.6 is 0 Å². The van der Waals surface area contributed by atoms with Gasteiger partial charge in [0.15, 0.2) is 0 Å². The van der Waals surface area contributed by atoms with Crippen LogP contribution in [0.3, 0.4) is 0 Å². The maximum atomic E-state index is 13.1. The van der Waals surface area contributed by atoms with E-state index >= 15 is 0 Å². The van der Waals surface area contributed by atoms with Crippen LogP contribution in [-0.2, 0) is 0 Å². The number of fused-ring (bicyclic) bond motifs is 1. The molecule has 0 saturated carbocycles. The van der Waals surface area contributed by atoms with Crippen LogP contribution in [0.2, 0.25) is 0 Å². The van der Waals surface area contributed by atoms with Gasteiger partial charge in [-0.25, -0.2) is 9.37 Å². The lowest BCUT2D eigenvalue weighted by atomic mass is 10.2. The summed E-state index contributed by atoms with van der Waals surface area (Å²) in [6.07, 6.45) is 0. The van der Waals surface area contributed by atoms with Gasteiger partial charge in [-0.2, -0.15) is 0 Å². The largest absolute Gasteiger partial charge is 0.394 e. The molecule has 0 bridgehead atoms. The number of aliphatic hydroxyl groups excluding tert-OH is 1. The van der Waals surface area contributed by atoms with E-state index in [2.05, 4.69) is 4.98 Å². The predicted octanol–water partition coefficient (Wildman–Crippen LogP) is 1.75. The van der Waals surface area contributed by atoms with Crippen molar-refractivity contribution in [3.8, 4) is 0 Å². The van der Waals surface area contributed by atoms with Gasteiger partial charge >= 0.3 is 0 Å². The number of rotatable bonds is 3. The minimum absolute atomic E-state index is 0.151. The van der Waals surface area contributed by atoms with Gasteiger partial charge in [0.25, 0.3) is 0 Å². The number of nitrogens with two attached hydrogens (primary N) is 1. The van der Waals surface area contributed by atoms with Gasteiger partial charge in [-0.15, -0.1) is 0 Å². The molecule has 0 aliphatic rings. The molecule has 0 aliphatic carbocycles. The Morgan fingerprint density at radius 3 is 2.76 bits per heavy atom. The van der Waals surface area contributed by atoms with E-state index in [0.29, 0.717) is 11.3 Å². The van der Waals surface area contributed by atoms with Gasteiger partial charge in [0.1, 0.15) is 11.6 Å². The zero-order valence-corrected chi connectivity index (χ0v) is 9.89. The topological polar surface area (TPSA) is 64.1 Å². The summed E-state index contributed by atoms with van der Waals surface area (Å²) in [6, 6.07) is 4.07. The quantitative estimate of drug-likeness (QED) is 0.854. The molecule has 4 nitrogen and oxygen atoms in total. The van der Waals surface area contributed by atoms with Crippen molar-refractivity contribution in [1.29, 1.82) is 0 Å². The lowest BCUT2D eigenvalue weighted by Gasteiger charge is -2.15. The van der Waals surface area contributed by atoms with Crippen molar-refractivity contribution < 1.29 is 9.50 Å². The first kappa shape index (κ1) is 12.0. The van der Waals surface area contributed by atoms with Crippen molar-refractivity contribution in [2.75, 3.05) is 6.61 Å². The summed E-state index contributed by atoms with van der Waals surface area (Å²) >= 11 is 0. The van der Waals surface area contributed by atoms with Crippen LogP contribution in [0.5, 0.6) is 0 Å². The fraction of sp³-hybridized carbons (Fsp3) is 0.417. The van der Waals surface area contributed by atoms with E-state index < -0.39 is 6.04 Å². The highest BCUT2D eigenvalue weighted by molar-refractivity contribution is 5.76. The molecule has 3 N–H and O–H groups in total. The van der Waals surface area contributed by atoms with Gasteiger partial charge < -0.3 is 15.4 Å². The summed E-state index contributed by atoms with van der Waals surface area (Å²) < 4.78 is 15.1. The molecule has 1 heterocycles. The molecular formula is C12H16FN3O. The summed E-state index contributed by atoms with van der Waals surface area (Å²) in [6.45, 7) is 3.81. The molecule has 1 unspecified atom stereocenters. The van der Waals surface area contributed by atoms with Crippen molar-refractivity contribution in [2.24, 2.45) is 5.73 Å². The molecule has 1 aromatic carbocycles. The molecule has 0 spiro atoms. The Morgan fingerprint density at radius 1 is 1.47 bits per heavy atom. The van der Waals surface area contributed by atoms with Crippen LogP contribution < -0.4 is 5.73 Å². The lowest BCUT2D eigenvalue weighted by molar-refractivity contribution is 0.260. The Morgan fingerprint density at radius 2 is 2.18 bits per heavy atom. The molecular weight excluding hydrogens is 221 g/mol. The van der Waals surface area contributed by atoms with Gasteiger partial charge in [-0.05, 0) is 26.0 Å². The SMILES string of the molecule is CC(C)n1c(C(N)CO)nc2cc(F)ccc21. The average molecular weight is 237 g/mol. The van der Waals surface area contributed by atoms with Crippen LogP contribution in [-0.4, -0.2) is 21.3 Å². The molecule has 92 valence electrons. The van der Waals surface area contributed by atoms with E-state index in [1.165, 1.54) is 12.1 Å². The second-order valence-electron chi connectivity index (χ2n) is 4.36. The molecule has 0 radical (unpaired) electrons. The fourth-order valence-electron chi connectivity index (χ4n) is 1.98. The predicted molar refractivity (Wildman–Crippen MR) is 64.1 cm³/mol. The Balaban J connectivity index is 2.70. The highest BCUT2D eigenvalue weighted by atomic mass is 19.1.